The van der Waals surface area contributed by atoms with Crippen LogP contribution in [0.5, 0.6) is 0 Å². The molecule has 3 rings (SSSR count). The van der Waals surface area contributed by atoms with E-state index in [0.29, 0.717) is 18.9 Å². The predicted octanol–water partition coefficient (Wildman–Crippen LogP) is 2.85. The molecule has 26 heavy (non-hydrogen) atoms. The molecule has 2 saturated heterocycles. The maximum atomic E-state index is 12.2. The number of hydrogen-bond donors (Lipinski definition) is 1. The zero-order chi connectivity index (χ0) is 19.5. The highest BCUT2D eigenvalue weighted by molar-refractivity contribution is 6.73. The lowest BCUT2D eigenvalue weighted by molar-refractivity contribution is -0.147. The maximum absolute atomic E-state index is 12.2. The molecule has 3 fully saturated rings. The van der Waals surface area contributed by atoms with Gasteiger partial charge in [-0.15, -0.1) is 0 Å². The second-order valence-electron chi connectivity index (χ2n) is 9.43. The monoisotopic (exact) mass is 385 g/mol. The van der Waals surface area contributed by atoms with Gasteiger partial charge in [0.05, 0.1) is 30.9 Å². The Labute approximate surface area is 156 Å². The van der Waals surface area contributed by atoms with Gasteiger partial charge in [0.25, 0.3) is 0 Å². The van der Waals surface area contributed by atoms with E-state index in [0.717, 1.165) is 0 Å². The summed E-state index contributed by atoms with van der Waals surface area (Å²) >= 11 is 0. The zero-order valence-corrected chi connectivity index (χ0v) is 17.7. The topological polar surface area (TPSA) is 86.6 Å². The molecule has 0 spiro atoms. The molecule has 2 aliphatic heterocycles. The predicted molar refractivity (Wildman–Crippen MR) is 97.5 cm³/mol. The Morgan fingerprint density at radius 1 is 1.27 bits per heavy atom. The van der Waals surface area contributed by atoms with Crippen molar-refractivity contribution >= 4 is 20.2 Å². The Balaban J connectivity index is 1.90. The van der Waals surface area contributed by atoms with Gasteiger partial charge >= 0.3 is 14.5 Å². The van der Waals surface area contributed by atoms with Crippen LogP contribution >= 0.6 is 0 Å². The SMILES string of the molecule is CCOC(=O)[C@@H]1[C@H]2O[C@@H]3CO[Si](C(C)(C)C)(C(C)(C)C)O[C@H]3/C(=N/O)[C@H]21. The fraction of sp³-hybridized carbons (Fsp3) is 0.889. The van der Waals surface area contributed by atoms with Crippen molar-refractivity contribution in [3.63, 3.8) is 0 Å². The molecule has 3 aliphatic rings. The molecule has 148 valence electrons. The summed E-state index contributed by atoms with van der Waals surface area (Å²) in [5, 5.41) is 12.9. The van der Waals surface area contributed by atoms with E-state index in [1.165, 1.54) is 0 Å². The quantitative estimate of drug-likeness (QED) is 0.340. The van der Waals surface area contributed by atoms with Crippen LogP contribution in [-0.4, -0.2) is 57.0 Å². The Bertz CT molecular complexity index is 594. The molecular weight excluding hydrogens is 354 g/mol. The molecule has 0 unspecified atom stereocenters. The third-order valence-electron chi connectivity index (χ3n) is 5.65. The average molecular weight is 386 g/mol. The second kappa shape index (κ2) is 6.29. The van der Waals surface area contributed by atoms with E-state index in [1.54, 1.807) is 6.92 Å². The Morgan fingerprint density at radius 2 is 1.88 bits per heavy atom. The molecule has 1 saturated carbocycles. The summed E-state index contributed by atoms with van der Waals surface area (Å²) < 4.78 is 24.3. The first kappa shape index (κ1) is 19.8. The molecule has 0 amide bonds. The highest BCUT2D eigenvalue weighted by Gasteiger charge is 2.70. The van der Waals surface area contributed by atoms with Crippen LogP contribution in [0.2, 0.25) is 10.1 Å². The van der Waals surface area contributed by atoms with Crippen LogP contribution in [-0.2, 0) is 23.1 Å². The summed E-state index contributed by atoms with van der Waals surface area (Å²) in [5.74, 6) is -1.00. The lowest BCUT2D eigenvalue weighted by atomic mass is 10.0. The zero-order valence-electron chi connectivity index (χ0n) is 16.7. The van der Waals surface area contributed by atoms with Gasteiger partial charge in [0.2, 0.25) is 0 Å². The highest BCUT2D eigenvalue weighted by Crippen LogP contribution is 2.57. The largest absolute Gasteiger partial charge is 0.466 e. The lowest BCUT2D eigenvalue weighted by Crippen LogP contribution is -2.67. The molecule has 0 radical (unpaired) electrons. The molecule has 0 aromatic carbocycles. The molecule has 0 aromatic rings. The first-order valence-corrected chi connectivity index (χ1v) is 11.2. The number of nitrogens with zero attached hydrogens (tertiary/aromatic N) is 1. The number of oxime groups is 1. The van der Waals surface area contributed by atoms with Crippen molar-refractivity contribution in [2.24, 2.45) is 17.0 Å². The number of ether oxygens (including phenoxy) is 2. The van der Waals surface area contributed by atoms with E-state index in [1.807, 2.05) is 0 Å². The minimum Gasteiger partial charge on any atom is -0.466 e. The number of esters is 1. The summed E-state index contributed by atoms with van der Waals surface area (Å²) in [4.78, 5) is 12.2. The summed E-state index contributed by atoms with van der Waals surface area (Å²) in [6.45, 7) is 15.3. The lowest BCUT2D eigenvalue weighted by Gasteiger charge is -2.55. The Morgan fingerprint density at radius 3 is 2.38 bits per heavy atom. The number of rotatable bonds is 2. The fourth-order valence-electron chi connectivity index (χ4n) is 4.69. The Hall–Kier alpha value is -0.963. The molecule has 1 N–H and O–H groups in total. The second-order valence-corrected chi connectivity index (χ2v) is 14.2. The van der Waals surface area contributed by atoms with Gasteiger partial charge in [0.15, 0.2) is 0 Å². The van der Waals surface area contributed by atoms with Crippen molar-refractivity contribution in [2.45, 2.75) is 76.9 Å². The van der Waals surface area contributed by atoms with E-state index in [4.69, 9.17) is 18.3 Å². The van der Waals surface area contributed by atoms with Crippen LogP contribution in [0.15, 0.2) is 5.16 Å². The normalized spacial score (nSPS) is 37.7. The molecule has 7 nitrogen and oxygen atoms in total. The minimum atomic E-state index is -2.72. The van der Waals surface area contributed by atoms with Crippen molar-refractivity contribution in [2.75, 3.05) is 13.2 Å². The fourth-order valence-corrected chi connectivity index (χ4v) is 9.61. The molecule has 8 heteroatoms. The average Bonchev–Trinajstić information content (AvgIpc) is 3.23. The van der Waals surface area contributed by atoms with Crippen LogP contribution in [0.1, 0.15) is 48.5 Å². The number of carbonyl (C=O) groups excluding carboxylic acids is 1. The van der Waals surface area contributed by atoms with Crippen molar-refractivity contribution in [3.8, 4) is 0 Å². The first-order valence-electron chi connectivity index (χ1n) is 9.34. The van der Waals surface area contributed by atoms with Crippen molar-refractivity contribution in [3.05, 3.63) is 0 Å². The smallest absolute Gasteiger partial charge is 0.350 e. The van der Waals surface area contributed by atoms with Gasteiger partial charge in [-0.25, -0.2) is 0 Å². The van der Waals surface area contributed by atoms with Crippen molar-refractivity contribution < 1.29 is 28.3 Å². The molecular formula is C18H31NO6Si. The molecule has 0 bridgehead atoms. The molecule has 5 atom stereocenters. The number of hydrogen-bond acceptors (Lipinski definition) is 7. The number of carbonyl (C=O) groups is 1. The summed E-state index contributed by atoms with van der Waals surface area (Å²) in [5.41, 5.74) is 0.498. The van der Waals surface area contributed by atoms with Gasteiger partial charge in [-0.2, -0.15) is 0 Å². The van der Waals surface area contributed by atoms with Gasteiger partial charge in [-0.1, -0.05) is 46.7 Å². The van der Waals surface area contributed by atoms with E-state index >= 15 is 0 Å². The van der Waals surface area contributed by atoms with Crippen LogP contribution < -0.4 is 0 Å². The molecule has 2 heterocycles. The van der Waals surface area contributed by atoms with E-state index < -0.39 is 20.6 Å². The maximum Gasteiger partial charge on any atom is 0.350 e. The first-order chi connectivity index (χ1) is 12.0. The van der Waals surface area contributed by atoms with Crippen LogP contribution in [0, 0.1) is 11.8 Å². The third kappa shape index (κ3) is 2.82. The summed E-state index contributed by atoms with van der Waals surface area (Å²) in [6.07, 6.45) is -1.17. The minimum absolute atomic E-state index is 0.183. The van der Waals surface area contributed by atoms with Gasteiger partial charge in [0, 0.05) is 16.0 Å². The summed E-state index contributed by atoms with van der Waals surface area (Å²) in [6, 6.07) is 0. The van der Waals surface area contributed by atoms with Gasteiger partial charge < -0.3 is 23.5 Å². The molecule has 0 aromatic heterocycles. The van der Waals surface area contributed by atoms with Gasteiger partial charge in [-0.05, 0) is 6.92 Å². The van der Waals surface area contributed by atoms with E-state index in [9.17, 15) is 10.0 Å². The Kier molecular flexibility index (Phi) is 4.79. The van der Waals surface area contributed by atoms with E-state index in [-0.39, 0.29) is 34.2 Å². The summed E-state index contributed by atoms with van der Waals surface area (Å²) in [7, 11) is -2.72. The number of fused-ring (bicyclic) bond motifs is 2. The van der Waals surface area contributed by atoms with Gasteiger partial charge in [-0.3, -0.25) is 4.79 Å². The van der Waals surface area contributed by atoms with Gasteiger partial charge in [0.1, 0.15) is 12.2 Å². The highest BCUT2D eigenvalue weighted by atomic mass is 28.4. The van der Waals surface area contributed by atoms with Crippen molar-refractivity contribution in [1.82, 2.24) is 0 Å². The van der Waals surface area contributed by atoms with E-state index in [2.05, 4.69) is 46.7 Å². The van der Waals surface area contributed by atoms with Crippen LogP contribution in [0.3, 0.4) is 0 Å². The van der Waals surface area contributed by atoms with Crippen LogP contribution in [0.4, 0.5) is 0 Å². The molecule has 1 aliphatic carbocycles. The standard InChI is InChI=1S/C18H31NO6Si/c1-8-22-16(20)12-11-13(19-21)14-10(24-15(11)12)9-23-26(25-14,17(2,3)4)18(5,6)7/h10-12,14-15,21H,8-9H2,1-7H3/b19-13+/t10-,11-,12+,14-,15+/m1/s1. The third-order valence-corrected chi connectivity index (χ3v) is 10.8. The van der Waals surface area contributed by atoms with Crippen LogP contribution in [0.25, 0.3) is 0 Å². The van der Waals surface area contributed by atoms with Crippen molar-refractivity contribution in [1.29, 1.82) is 0 Å².